The molecule has 1 aliphatic heterocycles. The summed E-state index contributed by atoms with van der Waals surface area (Å²) in [5.41, 5.74) is 6.45. The molecule has 0 unspecified atom stereocenters. The van der Waals surface area contributed by atoms with Gasteiger partial charge < -0.3 is 15.8 Å². The number of nitrogens with two attached hydrogens (primary N) is 1. The van der Waals surface area contributed by atoms with E-state index < -0.39 is 5.41 Å². The summed E-state index contributed by atoms with van der Waals surface area (Å²) in [4.78, 5) is 13.1. The van der Waals surface area contributed by atoms with Gasteiger partial charge in [0.25, 0.3) is 0 Å². The highest BCUT2D eigenvalue weighted by molar-refractivity contribution is 7.10. The van der Waals surface area contributed by atoms with E-state index in [4.69, 9.17) is 10.5 Å². The Balaban J connectivity index is 1.99. The maximum Gasteiger partial charge on any atom is 0.225 e. The lowest BCUT2D eigenvalue weighted by Crippen LogP contribution is -2.48. The van der Waals surface area contributed by atoms with Gasteiger partial charge in [-0.3, -0.25) is 4.79 Å². The number of ether oxygens (including phenoxy) is 1. The number of amides is 1. The average Bonchev–Trinajstić information content (AvgIpc) is 2.83. The molecule has 0 aromatic carbocycles. The largest absolute Gasteiger partial charge is 0.381 e. The van der Waals surface area contributed by atoms with E-state index in [0.29, 0.717) is 32.6 Å². The second-order valence-corrected chi connectivity index (χ2v) is 6.28. The Morgan fingerprint density at radius 1 is 1.58 bits per heavy atom. The SMILES string of the molecule is Cc1ccsc1[C@@H](C)NCC1(C(N)=O)CCOCC1. The molecule has 0 saturated carbocycles. The van der Waals surface area contributed by atoms with Crippen LogP contribution >= 0.6 is 11.3 Å². The van der Waals surface area contributed by atoms with Crippen molar-refractivity contribution in [3.8, 4) is 0 Å². The standard InChI is InChI=1S/C14H22N2O2S/c1-10-3-8-19-12(10)11(2)16-9-14(13(15)17)4-6-18-7-5-14/h3,8,11,16H,4-7,9H2,1-2H3,(H2,15,17)/t11-/m1/s1. The van der Waals surface area contributed by atoms with Gasteiger partial charge in [-0.05, 0) is 43.7 Å². The number of rotatable bonds is 5. The van der Waals surface area contributed by atoms with Crippen LogP contribution in [0.5, 0.6) is 0 Å². The normalized spacial score (nSPS) is 20.1. The maximum absolute atomic E-state index is 11.8. The number of thiophene rings is 1. The second-order valence-electron chi connectivity index (χ2n) is 5.33. The molecule has 1 aromatic rings. The van der Waals surface area contributed by atoms with Crippen molar-refractivity contribution in [2.75, 3.05) is 19.8 Å². The minimum Gasteiger partial charge on any atom is -0.381 e. The summed E-state index contributed by atoms with van der Waals surface area (Å²) >= 11 is 1.75. The van der Waals surface area contributed by atoms with Gasteiger partial charge in [-0.1, -0.05) is 0 Å². The van der Waals surface area contributed by atoms with Crippen LogP contribution in [0.2, 0.25) is 0 Å². The van der Waals surface area contributed by atoms with Crippen LogP contribution in [0.3, 0.4) is 0 Å². The predicted molar refractivity (Wildman–Crippen MR) is 77.2 cm³/mol. The topological polar surface area (TPSA) is 64.3 Å². The van der Waals surface area contributed by atoms with E-state index in [1.165, 1.54) is 10.4 Å². The van der Waals surface area contributed by atoms with Crippen LogP contribution in [0, 0.1) is 12.3 Å². The first-order valence-electron chi connectivity index (χ1n) is 6.70. The molecule has 0 radical (unpaired) electrons. The number of carbonyl (C=O) groups is 1. The number of carbonyl (C=O) groups excluding carboxylic acids is 1. The predicted octanol–water partition coefficient (Wildman–Crippen LogP) is 1.99. The molecule has 3 N–H and O–H groups in total. The van der Waals surface area contributed by atoms with Crippen molar-refractivity contribution in [1.82, 2.24) is 5.32 Å². The molecule has 1 fully saturated rings. The molecule has 2 rings (SSSR count). The molecule has 19 heavy (non-hydrogen) atoms. The smallest absolute Gasteiger partial charge is 0.225 e. The van der Waals surface area contributed by atoms with Gasteiger partial charge >= 0.3 is 0 Å². The van der Waals surface area contributed by atoms with Crippen LogP contribution in [0.1, 0.15) is 36.2 Å². The summed E-state index contributed by atoms with van der Waals surface area (Å²) in [5.74, 6) is -0.210. The number of hydrogen-bond acceptors (Lipinski definition) is 4. The molecule has 1 aliphatic rings. The molecule has 4 nitrogen and oxygen atoms in total. The molecular formula is C14H22N2O2S. The third-order valence-electron chi connectivity index (χ3n) is 4.01. The molecule has 106 valence electrons. The lowest BCUT2D eigenvalue weighted by atomic mass is 9.79. The summed E-state index contributed by atoms with van der Waals surface area (Å²) in [6.07, 6.45) is 1.43. The summed E-state index contributed by atoms with van der Waals surface area (Å²) in [6, 6.07) is 2.37. The average molecular weight is 282 g/mol. The van der Waals surface area contributed by atoms with Crippen LogP contribution in [-0.2, 0) is 9.53 Å². The van der Waals surface area contributed by atoms with E-state index in [0.717, 1.165) is 0 Å². The summed E-state index contributed by atoms with van der Waals surface area (Å²) in [7, 11) is 0. The van der Waals surface area contributed by atoms with Gasteiger partial charge in [0.2, 0.25) is 5.91 Å². The zero-order valence-corrected chi connectivity index (χ0v) is 12.4. The van der Waals surface area contributed by atoms with Crippen molar-refractivity contribution in [2.24, 2.45) is 11.1 Å². The van der Waals surface area contributed by atoms with E-state index in [1.807, 2.05) is 0 Å². The van der Waals surface area contributed by atoms with Crippen molar-refractivity contribution in [3.05, 3.63) is 21.9 Å². The first-order chi connectivity index (χ1) is 9.05. The number of primary amides is 1. The first-order valence-corrected chi connectivity index (χ1v) is 7.58. The summed E-state index contributed by atoms with van der Waals surface area (Å²) in [5, 5.41) is 5.57. The Morgan fingerprint density at radius 2 is 2.26 bits per heavy atom. The molecular weight excluding hydrogens is 260 g/mol. The first kappa shape index (κ1) is 14.5. The zero-order chi connectivity index (χ0) is 13.9. The highest BCUT2D eigenvalue weighted by Crippen LogP contribution is 2.31. The fraction of sp³-hybridized carbons (Fsp3) is 0.643. The molecule has 1 amide bonds. The fourth-order valence-corrected chi connectivity index (χ4v) is 3.50. The number of hydrogen-bond donors (Lipinski definition) is 2. The Labute approximate surface area is 118 Å². The van der Waals surface area contributed by atoms with Crippen LogP contribution in [0.4, 0.5) is 0 Å². The van der Waals surface area contributed by atoms with Crippen molar-refractivity contribution >= 4 is 17.2 Å². The summed E-state index contributed by atoms with van der Waals surface area (Å²) < 4.78 is 5.34. The molecule has 0 bridgehead atoms. The van der Waals surface area contributed by atoms with E-state index in [-0.39, 0.29) is 11.9 Å². The van der Waals surface area contributed by atoms with Crippen LogP contribution < -0.4 is 11.1 Å². The van der Waals surface area contributed by atoms with Gasteiger partial charge in [0, 0.05) is 30.7 Å². The molecule has 0 spiro atoms. The summed E-state index contributed by atoms with van der Waals surface area (Å²) in [6.45, 7) is 6.12. The van der Waals surface area contributed by atoms with Crippen LogP contribution in [-0.4, -0.2) is 25.7 Å². The second kappa shape index (κ2) is 6.03. The van der Waals surface area contributed by atoms with E-state index >= 15 is 0 Å². The van der Waals surface area contributed by atoms with Gasteiger partial charge in [0.1, 0.15) is 0 Å². The molecule has 1 saturated heterocycles. The van der Waals surface area contributed by atoms with E-state index in [2.05, 4.69) is 30.6 Å². The number of nitrogens with one attached hydrogen (secondary N) is 1. The highest BCUT2D eigenvalue weighted by Gasteiger charge is 2.38. The van der Waals surface area contributed by atoms with Gasteiger partial charge in [-0.15, -0.1) is 11.3 Å². The van der Waals surface area contributed by atoms with Gasteiger partial charge in [-0.2, -0.15) is 0 Å². The Hall–Kier alpha value is -0.910. The van der Waals surface area contributed by atoms with Gasteiger partial charge in [-0.25, -0.2) is 0 Å². The maximum atomic E-state index is 11.8. The van der Waals surface area contributed by atoms with Crippen molar-refractivity contribution in [1.29, 1.82) is 0 Å². The quantitative estimate of drug-likeness (QED) is 0.868. The fourth-order valence-electron chi connectivity index (χ4n) is 2.54. The van der Waals surface area contributed by atoms with Crippen molar-refractivity contribution in [2.45, 2.75) is 32.7 Å². The van der Waals surface area contributed by atoms with Crippen molar-refractivity contribution < 1.29 is 9.53 Å². The monoisotopic (exact) mass is 282 g/mol. The lowest BCUT2D eigenvalue weighted by Gasteiger charge is -2.35. The van der Waals surface area contributed by atoms with Gasteiger partial charge in [0.05, 0.1) is 5.41 Å². The van der Waals surface area contributed by atoms with Crippen LogP contribution in [0.25, 0.3) is 0 Å². The molecule has 1 atom stereocenters. The highest BCUT2D eigenvalue weighted by atomic mass is 32.1. The molecule has 5 heteroatoms. The molecule has 0 aliphatic carbocycles. The third-order valence-corrected chi connectivity index (χ3v) is 5.22. The minimum absolute atomic E-state index is 0.210. The van der Waals surface area contributed by atoms with Gasteiger partial charge in [0.15, 0.2) is 0 Å². The zero-order valence-electron chi connectivity index (χ0n) is 11.6. The van der Waals surface area contributed by atoms with E-state index in [1.54, 1.807) is 11.3 Å². The number of aryl methyl sites for hydroxylation is 1. The molecule has 1 aromatic heterocycles. The minimum atomic E-state index is -0.447. The van der Waals surface area contributed by atoms with E-state index in [9.17, 15) is 4.79 Å². The molecule has 2 heterocycles. The third kappa shape index (κ3) is 3.16. The van der Waals surface area contributed by atoms with Crippen molar-refractivity contribution in [3.63, 3.8) is 0 Å². The Bertz CT molecular complexity index is 438. The lowest BCUT2D eigenvalue weighted by molar-refractivity contribution is -0.133. The Kier molecular flexibility index (Phi) is 4.60. The Morgan fingerprint density at radius 3 is 2.79 bits per heavy atom. The van der Waals surface area contributed by atoms with Crippen LogP contribution in [0.15, 0.2) is 11.4 Å².